The number of H-pyrrole nitrogens is 1. The van der Waals surface area contributed by atoms with Crippen LogP contribution in [0, 0.1) is 5.92 Å². The van der Waals surface area contributed by atoms with Gasteiger partial charge in [-0.15, -0.1) is 0 Å². The van der Waals surface area contributed by atoms with E-state index in [1.807, 2.05) is 66.9 Å². The van der Waals surface area contributed by atoms with E-state index in [2.05, 4.69) is 28.2 Å². The second-order valence-electron chi connectivity index (χ2n) is 8.56. The van der Waals surface area contributed by atoms with Crippen molar-refractivity contribution in [1.29, 1.82) is 0 Å². The number of hydrogen-bond acceptors (Lipinski definition) is 4. The zero-order valence-electron chi connectivity index (χ0n) is 18.1. The van der Waals surface area contributed by atoms with Gasteiger partial charge >= 0.3 is 0 Å². The van der Waals surface area contributed by atoms with Crippen LogP contribution in [-0.2, 0) is 13.0 Å². The summed E-state index contributed by atoms with van der Waals surface area (Å²) in [5.41, 5.74) is 4.89. The van der Waals surface area contributed by atoms with E-state index >= 15 is 0 Å². The summed E-state index contributed by atoms with van der Waals surface area (Å²) in [6, 6.07) is 26.0. The van der Waals surface area contributed by atoms with E-state index in [4.69, 9.17) is 9.47 Å². The summed E-state index contributed by atoms with van der Waals surface area (Å²) in [5, 5.41) is 13.5. The molecule has 0 radical (unpaired) electrons. The first-order chi connectivity index (χ1) is 16.2. The Morgan fingerprint density at radius 1 is 1.00 bits per heavy atom. The monoisotopic (exact) mass is 436 g/mol. The van der Waals surface area contributed by atoms with Gasteiger partial charge in [0, 0.05) is 34.0 Å². The fraction of sp³-hybridized carbons (Fsp3) is 0.179. The number of aromatic nitrogens is 2. The highest BCUT2D eigenvalue weighted by molar-refractivity contribution is 5.83. The van der Waals surface area contributed by atoms with Crippen LogP contribution >= 0.6 is 0 Å². The van der Waals surface area contributed by atoms with Crippen molar-refractivity contribution in [3.63, 3.8) is 0 Å². The summed E-state index contributed by atoms with van der Waals surface area (Å²) in [6.45, 7) is 0.841. The topological polar surface area (TPSA) is 67.4 Å². The van der Waals surface area contributed by atoms with Crippen molar-refractivity contribution in [3.8, 4) is 11.5 Å². The SMILES string of the molecule is O[C@@H]1c2cc(OCc3ccc4ccccc4n3)ccc2OC[C@@H]1Cc1c[nH]c2ccccc12. The smallest absolute Gasteiger partial charge is 0.130 e. The lowest BCUT2D eigenvalue weighted by atomic mass is 9.88. The van der Waals surface area contributed by atoms with Crippen LogP contribution in [0.1, 0.15) is 22.9 Å². The van der Waals surface area contributed by atoms with Gasteiger partial charge in [-0.1, -0.05) is 42.5 Å². The first kappa shape index (κ1) is 19.8. The third-order valence-corrected chi connectivity index (χ3v) is 6.40. The molecule has 1 aliphatic rings. The van der Waals surface area contributed by atoms with Crippen molar-refractivity contribution < 1.29 is 14.6 Å². The van der Waals surface area contributed by atoms with Crippen LogP contribution in [0.15, 0.2) is 85.1 Å². The van der Waals surface area contributed by atoms with Gasteiger partial charge in [0.05, 0.1) is 23.9 Å². The van der Waals surface area contributed by atoms with E-state index in [-0.39, 0.29) is 5.92 Å². The normalized spacial score (nSPS) is 17.6. The van der Waals surface area contributed by atoms with Crippen molar-refractivity contribution >= 4 is 21.8 Å². The van der Waals surface area contributed by atoms with Crippen LogP contribution < -0.4 is 9.47 Å². The van der Waals surface area contributed by atoms with Gasteiger partial charge in [0.2, 0.25) is 0 Å². The highest BCUT2D eigenvalue weighted by atomic mass is 16.5. The van der Waals surface area contributed by atoms with Crippen LogP contribution in [0.3, 0.4) is 0 Å². The molecule has 6 rings (SSSR count). The first-order valence-electron chi connectivity index (χ1n) is 11.2. The molecular formula is C28H24N2O3. The first-order valence-corrected chi connectivity index (χ1v) is 11.2. The predicted molar refractivity (Wildman–Crippen MR) is 128 cm³/mol. The summed E-state index contributed by atoms with van der Waals surface area (Å²) < 4.78 is 12.0. The molecule has 0 fully saturated rings. The molecule has 0 amide bonds. The van der Waals surface area contributed by atoms with Gasteiger partial charge in [-0.3, -0.25) is 0 Å². The lowest BCUT2D eigenvalue weighted by Gasteiger charge is -2.30. The van der Waals surface area contributed by atoms with Crippen molar-refractivity contribution in [2.75, 3.05) is 6.61 Å². The van der Waals surface area contributed by atoms with Crippen LogP contribution in [0.4, 0.5) is 0 Å². The van der Waals surface area contributed by atoms with E-state index in [1.54, 1.807) is 0 Å². The maximum absolute atomic E-state index is 11.2. The predicted octanol–water partition coefficient (Wildman–Crippen LogP) is 5.58. The molecule has 2 atom stereocenters. The molecule has 0 spiro atoms. The second-order valence-corrected chi connectivity index (χ2v) is 8.56. The summed E-state index contributed by atoms with van der Waals surface area (Å²) in [5.74, 6) is 1.38. The van der Waals surface area contributed by atoms with E-state index < -0.39 is 6.10 Å². The van der Waals surface area contributed by atoms with Gasteiger partial charge in [0.1, 0.15) is 18.1 Å². The van der Waals surface area contributed by atoms with Crippen molar-refractivity contribution in [3.05, 3.63) is 102 Å². The molecule has 0 unspecified atom stereocenters. The molecule has 2 N–H and O–H groups in total. The second kappa shape index (κ2) is 8.26. The Hall–Kier alpha value is -3.83. The number of fused-ring (bicyclic) bond motifs is 3. The maximum Gasteiger partial charge on any atom is 0.130 e. The standard InChI is InChI=1S/C28H24N2O3/c31-28-20(13-19-15-29-26-8-4-2-6-23(19)26)16-33-27-12-11-22(14-24(27)28)32-17-21-10-9-18-5-1-3-7-25(18)30-21/h1-12,14-15,20,28-29,31H,13,16-17H2/t20-,28-/m0/s1. The Kier molecular flexibility index (Phi) is 4.96. The maximum atomic E-state index is 11.2. The number of ether oxygens (including phenoxy) is 2. The molecule has 1 aliphatic heterocycles. The number of benzene rings is 3. The Morgan fingerprint density at radius 3 is 2.85 bits per heavy atom. The number of nitrogens with zero attached hydrogens (tertiary/aromatic N) is 1. The Labute approximate surface area is 191 Å². The van der Waals surface area contributed by atoms with Gasteiger partial charge in [-0.25, -0.2) is 4.98 Å². The molecule has 5 aromatic rings. The number of aromatic amines is 1. The minimum atomic E-state index is -0.621. The Morgan fingerprint density at radius 2 is 1.88 bits per heavy atom. The largest absolute Gasteiger partial charge is 0.493 e. The van der Waals surface area contributed by atoms with Crippen molar-refractivity contribution in [2.45, 2.75) is 19.1 Å². The summed E-state index contributed by atoms with van der Waals surface area (Å²) in [6.07, 6.45) is 2.14. The third kappa shape index (κ3) is 3.81. The summed E-state index contributed by atoms with van der Waals surface area (Å²) >= 11 is 0. The molecule has 5 heteroatoms. The van der Waals surface area contributed by atoms with Crippen LogP contribution in [0.25, 0.3) is 21.8 Å². The van der Waals surface area contributed by atoms with Crippen molar-refractivity contribution in [2.24, 2.45) is 5.92 Å². The van der Waals surface area contributed by atoms with Gasteiger partial charge in [-0.2, -0.15) is 0 Å². The van der Waals surface area contributed by atoms with E-state index in [0.717, 1.165) is 34.1 Å². The number of aliphatic hydroxyl groups is 1. The number of hydrogen-bond donors (Lipinski definition) is 2. The molecule has 0 aliphatic carbocycles. The fourth-order valence-electron chi connectivity index (χ4n) is 4.62. The minimum Gasteiger partial charge on any atom is -0.493 e. The van der Waals surface area contributed by atoms with Gasteiger partial charge < -0.3 is 19.6 Å². The van der Waals surface area contributed by atoms with Gasteiger partial charge in [-0.05, 0) is 48.4 Å². The fourth-order valence-corrected chi connectivity index (χ4v) is 4.62. The van der Waals surface area contributed by atoms with Crippen LogP contribution in [-0.4, -0.2) is 21.7 Å². The lowest BCUT2D eigenvalue weighted by Crippen LogP contribution is -2.27. The van der Waals surface area contributed by atoms with E-state index in [0.29, 0.717) is 24.7 Å². The highest BCUT2D eigenvalue weighted by Crippen LogP contribution is 2.39. The van der Waals surface area contributed by atoms with Crippen LogP contribution in [0.5, 0.6) is 11.5 Å². The highest BCUT2D eigenvalue weighted by Gasteiger charge is 2.30. The van der Waals surface area contributed by atoms with Crippen molar-refractivity contribution in [1.82, 2.24) is 9.97 Å². The molecule has 3 aromatic carbocycles. The zero-order valence-corrected chi connectivity index (χ0v) is 18.1. The number of para-hydroxylation sites is 2. The zero-order chi connectivity index (χ0) is 22.2. The lowest BCUT2D eigenvalue weighted by molar-refractivity contribution is 0.0506. The molecule has 0 saturated heterocycles. The summed E-state index contributed by atoms with van der Waals surface area (Å²) in [7, 11) is 0. The molecular weight excluding hydrogens is 412 g/mol. The Balaban J connectivity index is 1.19. The molecule has 0 saturated carbocycles. The molecule has 5 nitrogen and oxygen atoms in total. The third-order valence-electron chi connectivity index (χ3n) is 6.40. The quantitative estimate of drug-likeness (QED) is 0.377. The molecule has 0 bridgehead atoms. The van der Waals surface area contributed by atoms with Gasteiger partial charge in [0.25, 0.3) is 0 Å². The average molecular weight is 437 g/mol. The molecule has 33 heavy (non-hydrogen) atoms. The molecule has 2 aromatic heterocycles. The number of aliphatic hydroxyl groups excluding tert-OH is 1. The summed E-state index contributed by atoms with van der Waals surface area (Å²) in [4.78, 5) is 7.99. The minimum absolute atomic E-state index is 0.0332. The number of pyridine rings is 1. The average Bonchev–Trinajstić information content (AvgIpc) is 3.27. The number of nitrogens with one attached hydrogen (secondary N) is 1. The molecule has 3 heterocycles. The number of rotatable bonds is 5. The van der Waals surface area contributed by atoms with E-state index in [1.165, 1.54) is 10.9 Å². The van der Waals surface area contributed by atoms with Gasteiger partial charge in [0.15, 0.2) is 0 Å². The molecule has 164 valence electrons. The van der Waals surface area contributed by atoms with Crippen LogP contribution in [0.2, 0.25) is 0 Å². The Bertz CT molecular complexity index is 1440. The van der Waals surface area contributed by atoms with E-state index in [9.17, 15) is 5.11 Å².